The number of rotatable bonds is 3. The predicted octanol–water partition coefficient (Wildman–Crippen LogP) is 1.86. The van der Waals surface area contributed by atoms with Crippen LogP contribution in [0.15, 0.2) is 6.33 Å². The number of aryl methyl sites for hydroxylation is 1. The van der Waals surface area contributed by atoms with Crippen LogP contribution in [0.3, 0.4) is 0 Å². The largest absolute Gasteiger partial charge is 0.382 e. The maximum Gasteiger partial charge on any atom is 0.226 e. The molecule has 0 spiro atoms. The molecule has 80 valence electrons. The quantitative estimate of drug-likeness (QED) is 0.810. The number of nitrogens with two attached hydrogens (primary N) is 1. The monoisotopic (exact) mass is 225 g/mol. The third-order valence-electron chi connectivity index (χ3n) is 2.22. The van der Waals surface area contributed by atoms with Crippen LogP contribution in [0.5, 0.6) is 0 Å². The van der Waals surface area contributed by atoms with E-state index in [9.17, 15) is 0 Å². The predicted molar refractivity (Wildman–Crippen MR) is 59.7 cm³/mol. The molecule has 0 aliphatic carbocycles. The van der Waals surface area contributed by atoms with Crippen LogP contribution >= 0.6 is 11.6 Å². The molecule has 2 rings (SSSR count). The number of imidazole rings is 1. The van der Waals surface area contributed by atoms with Gasteiger partial charge < -0.3 is 10.3 Å². The molecule has 2 aromatic rings. The molecule has 0 bridgehead atoms. The third-order valence-corrected chi connectivity index (χ3v) is 2.39. The first kappa shape index (κ1) is 10.2. The maximum atomic E-state index is 5.74. The van der Waals surface area contributed by atoms with E-state index >= 15 is 0 Å². The Morgan fingerprint density at radius 2 is 2.27 bits per heavy atom. The molecule has 0 amide bonds. The fraction of sp³-hybridized carbons (Fsp3) is 0.444. The van der Waals surface area contributed by atoms with E-state index in [2.05, 4.69) is 21.9 Å². The first-order chi connectivity index (χ1) is 7.22. The van der Waals surface area contributed by atoms with Crippen molar-refractivity contribution in [3.63, 3.8) is 0 Å². The van der Waals surface area contributed by atoms with Gasteiger partial charge in [-0.2, -0.15) is 9.97 Å². The summed E-state index contributed by atoms with van der Waals surface area (Å²) in [7, 11) is 0. The van der Waals surface area contributed by atoms with Crippen molar-refractivity contribution < 1.29 is 0 Å². The summed E-state index contributed by atoms with van der Waals surface area (Å²) in [5.74, 6) is 0.334. The normalized spacial score (nSPS) is 11.1. The molecule has 15 heavy (non-hydrogen) atoms. The lowest BCUT2D eigenvalue weighted by molar-refractivity contribution is 0.641. The topological polar surface area (TPSA) is 69.6 Å². The number of hydrogen-bond acceptors (Lipinski definition) is 4. The van der Waals surface area contributed by atoms with Crippen LogP contribution in [0, 0.1) is 0 Å². The van der Waals surface area contributed by atoms with Crippen molar-refractivity contribution in [2.75, 3.05) is 5.73 Å². The van der Waals surface area contributed by atoms with Crippen molar-refractivity contribution in [1.82, 2.24) is 19.5 Å². The summed E-state index contributed by atoms with van der Waals surface area (Å²) in [4.78, 5) is 12.1. The van der Waals surface area contributed by atoms with E-state index in [0.717, 1.165) is 19.4 Å². The molecule has 2 aromatic heterocycles. The van der Waals surface area contributed by atoms with Gasteiger partial charge in [0.25, 0.3) is 0 Å². The molecule has 0 aliphatic rings. The molecule has 0 unspecified atom stereocenters. The van der Waals surface area contributed by atoms with Gasteiger partial charge in [0.15, 0.2) is 11.5 Å². The van der Waals surface area contributed by atoms with E-state index in [0.29, 0.717) is 17.0 Å². The van der Waals surface area contributed by atoms with Gasteiger partial charge in [0, 0.05) is 6.54 Å². The van der Waals surface area contributed by atoms with Crippen LogP contribution in [-0.4, -0.2) is 19.5 Å². The van der Waals surface area contributed by atoms with Gasteiger partial charge in [-0.3, -0.25) is 0 Å². The molecular formula is C9H12ClN5. The summed E-state index contributed by atoms with van der Waals surface area (Å²) in [6.45, 7) is 3.01. The molecule has 6 heteroatoms. The fourth-order valence-electron chi connectivity index (χ4n) is 1.43. The van der Waals surface area contributed by atoms with Crippen molar-refractivity contribution >= 4 is 28.6 Å². The summed E-state index contributed by atoms with van der Waals surface area (Å²) in [6, 6.07) is 0. The molecule has 5 nitrogen and oxygen atoms in total. The van der Waals surface area contributed by atoms with Gasteiger partial charge in [-0.1, -0.05) is 13.3 Å². The summed E-state index contributed by atoms with van der Waals surface area (Å²) in [6.07, 6.45) is 3.92. The Balaban J connectivity index is 2.49. The first-order valence-electron chi connectivity index (χ1n) is 4.86. The molecule has 0 aliphatic heterocycles. The number of fused-ring (bicyclic) bond motifs is 1. The van der Waals surface area contributed by atoms with Crippen molar-refractivity contribution in [2.24, 2.45) is 0 Å². The molecule has 0 aromatic carbocycles. The average molecular weight is 226 g/mol. The highest BCUT2D eigenvalue weighted by molar-refractivity contribution is 6.28. The Morgan fingerprint density at radius 3 is 3.00 bits per heavy atom. The van der Waals surface area contributed by atoms with Gasteiger partial charge in [-0.05, 0) is 18.0 Å². The smallest absolute Gasteiger partial charge is 0.226 e. The van der Waals surface area contributed by atoms with E-state index < -0.39 is 0 Å². The second kappa shape index (κ2) is 4.02. The van der Waals surface area contributed by atoms with Crippen LogP contribution in [0.4, 0.5) is 5.82 Å². The highest BCUT2D eigenvalue weighted by atomic mass is 35.5. The van der Waals surface area contributed by atoms with Crippen molar-refractivity contribution in [3.8, 4) is 0 Å². The van der Waals surface area contributed by atoms with Crippen LogP contribution in [0.2, 0.25) is 5.28 Å². The Morgan fingerprint density at radius 1 is 1.47 bits per heavy atom. The fourth-order valence-corrected chi connectivity index (χ4v) is 1.60. The highest BCUT2D eigenvalue weighted by Gasteiger charge is 2.09. The lowest BCUT2D eigenvalue weighted by Crippen LogP contribution is -2.00. The zero-order valence-electron chi connectivity index (χ0n) is 8.44. The number of halogens is 1. The first-order valence-corrected chi connectivity index (χ1v) is 5.24. The standard InChI is InChI=1S/C9H12ClN5/c1-2-3-4-15-5-12-6-7(11)13-9(10)14-8(6)15/h5H,2-4H2,1H3,(H2,11,13,14). The van der Waals surface area contributed by atoms with Crippen LogP contribution < -0.4 is 5.73 Å². The van der Waals surface area contributed by atoms with Crippen LogP contribution in [0.25, 0.3) is 11.2 Å². The van der Waals surface area contributed by atoms with E-state index in [-0.39, 0.29) is 5.28 Å². The molecule has 0 atom stereocenters. The second-order valence-corrected chi connectivity index (χ2v) is 3.68. The maximum absolute atomic E-state index is 5.74. The number of nitrogen functional groups attached to an aromatic ring is 1. The van der Waals surface area contributed by atoms with E-state index in [1.807, 2.05) is 4.57 Å². The molecule has 2 N–H and O–H groups in total. The number of hydrogen-bond donors (Lipinski definition) is 1. The van der Waals surface area contributed by atoms with E-state index in [1.165, 1.54) is 0 Å². The lowest BCUT2D eigenvalue weighted by Gasteiger charge is -2.02. The minimum atomic E-state index is 0.165. The van der Waals surface area contributed by atoms with Gasteiger partial charge in [0.2, 0.25) is 5.28 Å². The SMILES string of the molecule is CCCCn1cnc2c(N)nc(Cl)nc21. The number of anilines is 1. The highest BCUT2D eigenvalue weighted by Crippen LogP contribution is 2.18. The lowest BCUT2D eigenvalue weighted by atomic mass is 10.3. The van der Waals surface area contributed by atoms with E-state index in [4.69, 9.17) is 17.3 Å². The molecule has 0 saturated heterocycles. The molecular weight excluding hydrogens is 214 g/mol. The summed E-state index contributed by atoms with van der Waals surface area (Å²) >= 11 is 5.74. The Labute approximate surface area is 92.3 Å². The summed E-state index contributed by atoms with van der Waals surface area (Å²) < 4.78 is 1.95. The second-order valence-electron chi connectivity index (χ2n) is 3.34. The van der Waals surface area contributed by atoms with Gasteiger partial charge in [-0.15, -0.1) is 0 Å². The molecule has 0 fully saturated rings. The van der Waals surface area contributed by atoms with Crippen molar-refractivity contribution in [1.29, 1.82) is 0 Å². The zero-order valence-corrected chi connectivity index (χ0v) is 9.20. The minimum Gasteiger partial charge on any atom is -0.382 e. The van der Waals surface area contributed by atoms with Gasteiger partial charge >= 0.3 is 0 Å². The van der Waals surface area contributed by atoms with Crippen molar-refractivity contribution in [3.05, 3.63) is 11.6 Å². The molecule has 2 heterocycles. The van der Waals surface area contributed by atoms with Crippen molar-refractivity contribution in [2.45, 2.75) is 26.3 Å². The number of nitrogens with zero attached hydrogens (tertiary/aromatic N) is 4. The van der Waals surface area contributed by atoms with Gasteiger partial charge in [-0.25, -0.2) is 4.98 Å². The Kier molecular flexibility index (Phi) is 2.73. The molecule has 0 radical (unpaired) electrons. The number of aromatic nitrogens is 4. The molecule has 0 saturated carbocycles. The summed E-state index contributed by atoms with van der Waals surface area (Å²) in [5.41, 5.74) is 7.02. The average Bonchev–Trinajstić information content (AvgIpc) is 2.58. The number of unbranched alkanes of at least 4 members (excludes halogenated alkanes) is 1. The minimum absolute atomic E-state index is 0.165. The Bertz CT molecular complexity index is 479. The van der Waals surface area contributed by atoms with E-state index in [1.54, 1.807) is 6.33 Å². The van der Waals surface area contributed by atoms with Gasteiger partial charge in [0.1, 0.15) is 5.52 Å². The zero-order chi connectivity index (χ0) is 10.8. The summed E-state index contributed by atoms with van der Waals surface area (Å²) in [5, 5.41) is 0.165. The van der Waals surface area contributed by atoms with Crippen LogP contribution in [-0.2, 0) is 6.54 Å². The third kappa shape index (κ3) is 1.87. The van der Waals surface area contributed by atoms with Gasteiger partial charge in [0.05, 0.1) is 6.33 Å². The Hall–Kier alpha value is -1.36. The van der Waals surface area contributed by atoms with Crippen LogP contribution in [0.1, 0.15) is 19.8 Å².